The van der Waals surface area contributed by atoms with E-state index in [1.807, 2.05) is 0 Å². The van der Waals surface area contributed by atoms with Crippen LogP contribution in [0.3, 0.4) is 0 Å². The second kappa shape index (κ2) is 43.3. The number of allylic oxidation sites excluding steroid dienone is 14. The first-order valence-electron chi connectivity index (χ1n) is 23.1. The Hall–Kier alpha value is -3.34. The predicted molar refractivity (Wildman–Crippen MR) is 249 cm³/mol. The van der Waals surface area contributed by atoms with Crippen molar-refractivity contribution in [2.75, 3.05) is 19.8 Å². The van der Waals surface area contributed by atoms with Gasteiger partial charge in [0.2, 0.25) is 5.91 Å². The summed E-state index contributed by atoms with van der Waals surface area (Å²) in [7, 11) is -4.78. The second-order valence-electron chi connectivity index (χ2n) is 15.2. The number of aliphatic hydroxyl groups excluding tert-OH is 1. The van der Waals surface area contributed by atoms with Crippen LogP contribution in [0, 0.1) is 0 Å². The molecule has 348 valence electrons. The molecule has 0 aliphatic heterocycles. The Bertz CT molecular complexity index is 1350. The number of phosphoric ester groups is 1. The minimum atomic E-state index is -4.78. The maximum Gasteiger partial charge on any atom is 0.472 e. The van der Waals surface area contributed by atoms with E-state index in [4.69, 9.17) is 13.8 Å². The lowest BCUT2D eigenvalue weighted by atomic mass is 10.1. The van der Waals surface area contributed by atoms with Gasteiger partial charge in [-0.25, -0.2) is 9.36 Å². The number of nitrogens with one attached hydrogen (secondary N) is 1. The highest BCUT2D eigenvalue weighted by Gasteiger charge is 2.28. The standard InChI is InChI=1S/C49H82NO10P/c1-3-5-7-9-11-13-15-17-19-21-23-24-26-28-30-32-34-36-38-40-47(52)50-46(49(54)55)44-60-61(56,57)59-43-45(51)42-58-48(53)41-39-37-35-33-31-29-27-25-22-20-18-16-14-12-10-8-6-4-2/h5,7,11,13-14,16-17,19-20,22-24,28,30,45-46,51H,3-4,6,8-10,12,15,18,21,25-27,29,31-44H2,1-2H3,(H,50,52)(H,54,55)(H,56,57)/b7-5-,13-11-,16-14-,19-17-,22-20-,24-23-,30-28-. The van der Waals surface area contributed by atoms with Crippen LogP contribution in [0.5, 0.6) is 0 Å². The van der Waals surface area contributed by atoms with Gasteiger partial charge < -0.3 is 25.2 Å². The smallest absolute Gasteiger partial charge is 0.472 e. The Morgan fingerprint density at radius 3 is 1.44 bits per heavy atom. The van der Waals surface area contributed by atoms with Gasteiger partial charge in [-0.15, -0.1) is 0 Å². The Morgan fingerprint density at radius 1 is 0.541 bits per heavy atom. The molecule has 0 rings (SSSR count). The van der Waals surface area contributed by atoms with E-state index < -0.39 is 57.6 Å². The molecule has 0 aromatic carbocycles. The maximum atomic E-state index is 12.3. The number of carboxylic acid groups (broad SMARTS) is 1. The summed E-state index contributed by atoms with van der Waals surface area (Å²) in [4.78, 5) is 46.0. The van der Waals surface area contributed by atoms with Gasteiger partial charge >= 0.3 is 19.8 Å². The molecule has 0 bridgehead atoms. The third-order valence-corrected chi connectivity index (χ3v) is 10.4. The van der Waals surface area contributed by atoms with Gasteiger partial charge in [0.1, 0.15) is 12.7 Å². The fourth-order valence-electron chi connectivity index (χ4n) is 5.84. The zero-order chi connectivity index (χ0) is 44.9. The molecule has 0 heterocycles. The molecule has 0 fully saturated rings. The molecule has 4 N–H and O–H groups in total. The molecule has 0 aliphatic carbocycles. The van der Waals surface area contributed by atoms with Crippen LogP contribution >= 0.6 is 7.82 Å². The lowest BCUT2D eigenvalue weighted by Crippen LogP contribution is -2.43. The highest BCUT2D eigenvalue weighted by molar-refractivity contribution is 7.47. The van der Waals surface area contributed by atoms with Gasteiger partial charge in [0, 0.05) is 12.8 Å². The molecule has 0 aliphatic rings. The molecule has 0 saturated carbocycles. The average Bonchev–Trinajstić information content (AvgIpc) is 3.24. The lowest BCUT2D eigenvalue weighted by Gasteiger charge is -2.18. The molecule has 3 unspecified atom stereocenters. The van der Waals surface area contributed by atoms with Crippen molar-refractivity contribution >= 4 is 25.7 Å². The van der Waals surface area contributed by atoms with E-state index in [1.54, 1.807) is 0 Å². The van der Waals surface area contributed by atoms with Gasteiger partial charge in [0.05, 0.1) is 13.2 Å². The number of phosphoric acid groups is 1. The first-order chi connectivity index (χ1) is 29.6. The molecule has 1 amide bonds. The van der Waals surface area contributed by atoms with E-state index in [2.05, 4.69) is 104 Å². The van der Waals surface area contributed by atoms with Crippen molar-refractivity contribution in [2.24, 2.45) is 0 Å². The summed E-state index contributed by atoms with van der Waals surface area (Å²) >= 11 is 0. The molecule has 0 aromatic heterocycles. The second-order valence-corrected chi connectivity index (χ2v) is 16.7. The lowest BCUT2D eigenvalue weighted by molar-refractivity contribution is -0.147. The van der Waals surface area contributed by atoms with Crippen molar-refractivity contribution in [3.05, 3.63) is 85.1 Å². The molecule has 3 atom stereocenters. The third-order valence-electron chi connectivity index (χ3n) is 9.42. The van der Waals surface area contributed by atoms with Crippen LogP contribution in [0.15, 0.2) is 85.1 Å². The molecule has 0 radical (unpaired) electrons. The minimum Gasteiger partial charge on any atom is -0.480 e. The molecule has 0 aromatic rings. The van der Waals surface area contributed by atoms with Gasteiger partial charge in [-0.1, -0.05) is 157 Å². The Kier molecular flexibility index (Phi) is 40.9. The van der Waals surface area contributed by atoms with Crippen LogP contribution in [-0.4, -0.2) is 64.9 Å². The summed E-state index contributed by atoms with van der Waals surface area (Å²) in [5, 5.41) is 21.8. The highest BCUT2D eigenvalue weighted by Crippen LogP contribution is 2.43. The Balaban J connectivity index is 3.97. The monoisotopic (exact) mass is 876 g/mol. The van der Waals surface area contributed by atoms with Crippen molar-refractivity contribution in [2.45, 2.75) is 187 Å². The van der Waals surface area contributed by atoms with Crippen molar-refractivity contribution < 1.29 is 47.8 Å². The Morgan fingerprint density at radius 2 is 0.951 bits per heavy atom. The fraction of sp³-hybridized carbons (Fsp3) is 0.653. The van der Waals surface area contributed by atoms with Crippen LogP contribution in [0.1, 0.15) is 174 Å². The van der Waals surface area contributed by atoms with Gasteiger partial charge in [0.25, 0.3) is 0 Å². The van der Waals surface area contributed by atoms with Crippen LogP contribution < -0.4 is 5.32 Å². The molecular weight excluding hydrogens is 794 g/mol. The summed E-state index contributed by atoms with van der Waals surface area (Å²) in [5.41, 5.74) is 0. The number of carboxylic acids is 1. The number of ether oxygens (including phenoxy) is 1. The van der Waals surface area contributed by atoms with E-state index >= 15 is 0 Å². The zero-order valence-electron chi connectivity index (χ0n) is 37.7. The summed E-state index contributed by atoms with van der Waals surface area (Å²) in [6, 6.07) is -1.57. The topological polar surface area (TPSA) is 169 Å². The molecule has 0 saturated heterocycles. The van der Waals surface area contributed by atoms with E-state index in [0.717, 1.165) is 83.5 Å². The fourth-order valence-corrected chi connectivity index (χ4v) is 6.61. The van der Waals surface area contributed by atoms with Crippen LogP contribution in [0.25, 0.3) is 0 Å². The largest absolute Gasteiger partial charge is 0.480 e. The zero-order valence-corrected chi connectivity index (χ0v) is 38.6. The number of carbonyl (C=O) groups is 3. The molecule has 61 heavy (non-hydrogen) atoms. The molecule has 11 nitrogen and oxygen atoms in total. The van der Waals surface area contributed by atoms with E-state index in [1.165, 1.54) is 51.4 Å². The summed E-state index contributed by atoms with van der Waals surface area (Å²) < 4.78 is 26.9. The van der Waals surface area contributed by atoms with Crippen LogP contribution in [0.4, 0.5) is 0 Å². The van der Waals surface area contributed by atoms with E-state index in [9.17, 15) is 34.1 Å². The van der Waals surface area contributed by atoms with Gasteiger partial charge in [0.15, 0.2) is 6.04 Å². The number of hydrogen-bond acceptors (Lipinski definition) is 8. The van der Waals surface area contributed by atoms with E-state index in [0.29, 0.717) is 12.8 Å². The first kappa shape index (κ1) is 57.7. The number of amides is 1. The summed E-state index contributed by atoms with van der Waals surface area (Å²) in [6.07, 6.45) is 53.1. The van der Waals surface area contributed by atoms with Crippen LogP contribution in [-0.2, 0) is 32.7 Å². The van der Waals surface area contributed by atoms with Crippen molar-refractivity contribution in [3.63, 3.8) is 0 Å². The number of rotatable bonds is 42. The van der Waals surface area contributed by atoms with Crippen molar-refractivity contribution in [1.29, 1.82) is 0 Å². The van der Waals surface area contributed by atoms with Gasteiger partial charge in [-0.3, -0.25) is 18.6 Å². The maximum absolute atomic E-state index is 12.3. The average molecular weight is 876 g/mol. The van der Waals surface area contributed by atoms with Crippen molar-refractivity contribution in [1.82, 2.24) is 5.32 Å². The normalized spacial score (nSPS) is 14.4. The summed E-state index contributed by atoms with van der Waals surface area (Å²) in [6.45, 7) is 2.42. The van der Waals surface area contributed by atoms with Gasteiger partial charge in [-0.2, -0.15) is 0 Å². The number of hydrogen-bond donors (Lipinski definition) is 4. The molecule has 0 spiro atoms. The quantitative estimate of drug-likeness (QED) is 0.0200. The SMILES string of the molecule is CC/C=C\C/C=C\C/C=C\C/C=C\C/C=C\CCCCCC(=O)NC(COP(=O)(O)OCC(O)COC(=O)CCCCCCCCC/C=C\C/C=C\CCCCCC)C(=O)O. The van der Waals surface area contributed by atoms with Crippen molar-refractivity contribution in [3.8, 4) is 0 Å². The highest BCUT2D eigenvalue weighted by atomic mass is 31.2. The number of aliphatic hydroxyl groups is 1. The van der Waals surface area contributed by atoms with Gasteiger partial charge in [-0.05, 0) is 89.9 Å². The first-order valence-corrected chi connectivity index (χ1v) is 24.6. The predicted octanol–water partition coefficient (Wildman–Crippen LogP) is 12.3. The number of esters is 1. The minimum absolute atomic E-state index is 0.101. The number of unbranched alkanes of at least 4 members (excludes halogenated alkanes) is 14. The Labute approximate surface area is 369 Å². The van der Waals surface area contributed by atoms with Crippen LogP contribution in [0.2, 0.25) is 0 Å². The number of aliphatic carboxylic acids is 1. The molecule has 12 heteroatoms. The molecular formula is C49H82NO10P. The summed E-state index contributed by atoms with van der Waals surface area (Å²) in [5.74, 6) is -2.44. The third kappa shape index (κ3) is 43.1. The number of carbonyl (C=O) groups excluding carboxylic acids is 2. The van der Waals surface area contributed by atoms with E-state index in [-0.39, 0.29) is 12.8 Å².